The van der Waals surface area contributed by atoms with Crippen LogP contribution in [0.2, 0.25) is 0 Å². The normalized spacial score (nSPS) is 12.4. The van der Waals surface area contributed by atoms with Crippen molar-refractivity contribution in [2.45, 2.75) is 13.0 Å². The minimum absolute atomic E-state index is 0. The predicted molar refractivity (Wildman–Crippen MR) is 28.3 cm³/mol. The molecule has 1 atom stereocenters. The van der Waals surface area contributed by atoms with Crippen LogP contribution in [0.25, 0.3) is 0 Å². The fourth-order valence-electron chi connectivity index (χ4n) is 0.303. The van der Waals surface area contributed by atoms with Crippen LogP contribution in [0.15, 0.2) is 0 Å². The van der Waals surface area contributed by atoms with Gasteiger partial charge in [-0.15, -0.1) is 0 Å². The molecule has 8 heavy (non-hydrogen) atoms. The molecule has 2 nitrogen and oxygen atoms in total. The van der Waals surface area contributed by atoms with Gasteiger partial charge in [-0.05, 0) is 6.92 Å². The molecule has 0 saturated heterocycles. The van der Waals surface area contributed by atoms with Crippen LogP contribution in [0, 0.1) is 39.9 Å². The number of hydrogen-bond acceptors (Lipinski definition) is 2. The number of methoxy groups -OCH3 is 2. The molecule has 0 aromatic rings. The average molecular weight is 261 g/mol. The second kappa shape index (κ2) is 8.24. The molecule has 0 rings (SSSR count). The quantitative estimate of drug-likeness (QED) is 0.743. The van der Waals surface area contributed by atoms with Gasteiger partial charge in [-0.3, -0.25) is 0 Å². The molecule has 0 N–H and O–H groups in total. The fourth-order valence-corrected chi connectivity index (χ4v) is 0.303. The summed E-state index contributed by atoms with van der Waals surface area (Å²) in [6, 6.07) is 0. The first kappa shape index (κ1) is 12.0. The first-order valence-corrected chi connectivity index (χ1v) is 2.33. The Balaban J connectivity index is 0. The van der Waals surface area contributed by atoms with Gasteiger partial charge in [0.2, 0.25) is 0 Å². The van der Waals surface area contributed by atoms with E-state index in [9.17, 15) is 0 Å². The second-order valence-corrected chi connectivity index (χ2v) is 1.50. The average Bonchev–Trinajstić information content (AvgIpc) is 1.68. The Hall–Kier alpha value is 1.24. The number of hydrogen-bond donors (Lipinski definition) is 0. The van der Waals surface area contributed by atoms with E-state index in [1.54, 1.807) is 14.2 Å². The predicted octanol–water partition coefficient (Wildman–Crippen LogP) is 0.668. The summed E-state index contributed by atoms with van der Waals surface area (Å²) in [6.45, 7) is 2.64. The third kappa shape index (κ3) is 7.24. The first-order valence-electron chi connectivity index (χ1n) is 2.33. The SMILES string of the molecule is COCC(C)OC.[Gd]. The van der Waals surface area contributed by atoms with E-state index in [-0.39, 0.29) is 46.0 Å². The van der Waals surface area contributed by atoms with Crippen molar-refractivity contribution in [1.82, 2.24) is 0 Å². The van der Waals surface area contributed by atoms with Gasteiger partial charge in [0.15, 0.2) is 0 Å². The Morgan fingerprint density at radius 1 is 1.38 bits per heavy atom. The van der Waals surface area contributed by atoms with Gasteiger partial charge in [0, 0.05) is 54.2 Å². The molecular weight excluding hydrogens is 249 g/mol. The standard InChI is InChI=1S/C5H12O2.Gd/c1-5(7-3)4-6-2;/h5H,4H2,1-3H3;. The summed E-state index contributed by atoms with van der Waals surface area (Å²) < 4.78 is 9.64. The molecule has 0 bridgehead atoms. The van der Waals surface area contributed by atoms with E-state index in [1.165, 1.54) is 0 Å². The van der Waals surface area contributed by atoms with Gasteiger partial charge in [0.25, 0.3) is 0 Å². The number of ether oxygens (including phenoxy) is 2. The minimum Gasteiger partial charge on any atom is -0.382 e. The minimum atomic E-state index is 0. The monoisotopic (exact) mass is 262 g/mol. The molecule has 1 unspecified atom stereocenters. The molecule has 0 aromatic heterocycles. The summed E-state index contributed by atoms with van der Waals surface area (Å²) in [5, 5.41) is 0. The van der Waals surface area contributed by atoms with E-state index in [0.717, 1.165) is 0 Å². The maximum Gasteiger partial charge on any atom is 0.0776 e. The van der Waals surface area contributed by atoms with Crippen LogP contribution in [0.4, 0.5) is 0 Å². The van der Waals surface area contributed by atoms with Gasteiger partial charge in [-0.1, -0.05) is 0 Å². The van der Waals surface area contributed by atoms with Crippen LogP contribution in [-0.2, 0) is 9.47 Å². The molecule has 0 heterocycles. The number of rotatable bonds is 3. The van der Waals surface area contributed by atoms with Crippen molar-refractivity contribution in [2.75, 3.05) is 20.8 Å². The van der Waals surface area contributed by atoms with Gasteiger partial charge in [0.05, 0.1) is 12.7 Å². The molecule has 0 spiro atoms. The van der Waals surface area contributed by atoms with Crippen molar-refractivity contribution in [1.29, 1.82) is 0 Å². The summed E-state index contributed by atoms with van der Waals surface area (Å²) in [4.78, 5) is 0. The molecular formula is C5H12GdO2. The van der Waals surface area contributed by atoms with Crippen LogP contribution < -0.4 is 0 Å². The van der Waals surface area contributed by atoms with Crippen LogP contribution in [0.3, 0.4) is 0 Å². The van der Waals surface area contributed by atoms with Crippen molar-refractivity contribution in [3.05, 3.63) is 0 Å². The molecule has 3 heteroatoms. The Kier molecular flexibility index (Phi) is 12.3. The van der Waals surface area contributed by atoms with E-state index in [2.05, 4.69) is 0 Å². The third-order valence-corrected chi connectivity index (χ3v) is 0.804. The summed E-state index contributed by atoms with van der Waals surface area (Å²) in [7, 11) is 3.33. The Morgan fingerprint density at radius 3 is 2.00 bits per heavy atom. The smallest absolute Gasteiger partial charge is 0.0776 e. The topological polar surface area (TPSA) is 18.5 Å². The van der Waals surface area contributed by atoms with Crippen molar-refractivity contribution in [3.63, 3.8) is 0 Å². The molecule has 0 aromatic carbocycles. The molecule has 0 aliphatic carbocycles. The molecule has 0 fully saturated rings. The molecule has 0 saturated carbocycles. The maximum absolute atomic E-state index is 4.87. The van der Waals surface area contributed by atoms with Gasteiger partial charge >= 0.3 is 0 Å². The first-order chi connectivity index (χ1) is 3.31. The Labute approximate surface area is 82.6 Å². The van der Waals surface area contributed by atoms with Gasteiger partial charge in [-0.25, -0.2) is 0 Å². The largest absolute Gasteiger partial charge is 0.382 e. The zero-order chi connectivity index (χ0) is 5.70. The van der Waals surface area contributed by atoms with E-state index in [4.69, 9.17) is 9.47 Å². The third-order valence-electron chi connectivity index (χ3n) is 0.804. The van der Waals surface area contributed by atoms with Crippen LogP contribution >= 0.6 is 0 Å². The summed E-state index contributed by atoms with van der Waals surface area (Å²) >= 11 is 0. The van der Waals surface area contributed by atoms with E-state index < -0.39 is 0 Å². The summed E-state index contributed by atoms with van der Waals surface area (Å²) in [5.74, 6) is 0. The molecule has 0 amide bonds. The molecule has 0 aliphatic heterocycles. The zero-order valence-corrected chi connectivity index (χ0v) is 7.72. The molecule has 52 valence electrons. The van der Waals surface area contributed by atoms with Crippen LogP contribution in [0.5, 0.6) is 0 Å². The van der Waals surface area contributed by atoms with Gasteiger partial charge < -0.3 is 9.47 Å². The van der Waals surface area contributed by atoms with E-state index in [1.807, 2.05) is 6.92 Å². The van der Waals surface area contributed by atoms with E-state index in [0.29, 0.717) is 6.61 Å². The van der Waals surface area contributed by atoms with Crippen molar-refractivity contribution >= 4 is 0 Å². The van der Waals surface area contributed by atoms with E-state index >= 15 is 0 Å². The van der Waals surface area contributed by atoms with Gasteiger partial charge in [-0.2, -0.15) is 0 Å². The Morgan fingerprint density at radius 2 is 1.88 bits per heavy atom. The zero-order valence-electron chi connectivity index (χ0n) is 5.45. The Bertz CT molecular complexity index is 41.4. The molecule has 0 aliphatic rings. The summed E-state index contributed by atoms with van der Waals surface area (Å²) in [5.41, 5.74) is 0. The van der Waals surface area contributed by atoms with Crippen molar-refractivity contribution in [2.24, 2.45) is 0 Å². The summed E-state index contributed by atoms with van der Waals surface area (Å²) in [6.07, 6.45) is 0.227. The maximum atomic E-state index is 4.87. The van der Waals surface area contributed by atoms with Gasteiger partial charge in [0.1, 0.15) is 0 Å². The second-order valence-electron chi connectivity index (χ2n) is 1.50. The molecule has 0 radical (unpaired) electrons. The van der Waals surface area contributed by atoms with Crippen LogP contribution in [0.1, 0.15) is 6.92 Å². The van der Waals surface area contributed by atoms with Crippen LogP contribution in [-0.4, -0.2) is 26.9 Å². The van der Waals surface area contributed by atoms with Crippen molar-refractivity contribution in [3.8, 4) is 0 Å². The fraction of sp³-hybridized carbons (Fsp3) is 1.00. The van der Waals surface area contributed by atoms with Crippen molar-refractivity contribution < 1.29 is 49.4 Å².